The third-order valence-corrected chi connectivity index (χ3v) is 3.29. The van der Waals surface area contributed by atoms with Crippen molar-refractivity contribution in [3.05, 3.63) is 77.5 Å². The van der Waals surface area contributed by atoms with E-state index in [-0.39, 0.29) is 0 Å². The van der Waals surface area contributed by atoms with Gasteiger partial charge >= 0.3 is 0 Å². The van der Waals surface area contributed by atoms with Gasteiger partial charge in [-0.1, -0.05) is 54.6 Å². The summed E-state index contributed by atoms with van der Waals surface area (Å²) in [5.74, 6) is 0. The molecule has 3 aromatic rings. The average molecular weight is 262 g/mol. The first-order chi connectivity index (χ1) is 9.86. The second-order valence-corrected chi connectivity index (χ2v) is 4.68. The number of aromatic nitrogens is 2. The first-order valence-corrected chi connectivity index (χ1v) is 6.48. The van der Waals surface area contributed by atoms with Gasteiger partial charge in [-0.3, -0.25) is 9.89 Å². The topological polar surface area (TPSA) is 45.8 Å². The van der Waals surface area contributed by atoms with Gasteiger partial charge in [0.1, 0.15) is 0 Å². The van der Waals surface area contributed by atoms with Crippen LogP contribution in [-0.4, -0.2) is 16.5 Å². The summed E-state index contributed by atoms with van der Waals surface area (Å²) < 4.78 is 0. The predicted molar refractivity (Wildman–Crippen MR) is 78.7 cm³/mol. The van der Waals surface area contributed by atoms with Crippen LogP contribution in [-0.2, 0) is 6.42 Å². The van der Waals surface area contributed by atoms with Crippen LogP contribution in [0.2, 0.25) is 0 Å². The van der Waals surface area contributed by atoms with Crippen LogP contribution >= 0.6 is 0 Å². The van der Waals surface area contributed by atoms with Gasteiger partial charge in [-0.2, -0.15) is 5.10 Å². The Kier molecular flexibility index (Phi) is 3.42. The first kappa shape index (κ1) is 12.4. The van der Waals surface area contributed by atoms with E-state index in [1.807, 2.05) is 30.3 Å². The molecule has 0 atom stereocenters. The van der Waals surface area contributed by atoms with Gasteiger partial charge in [0.05, 0.1) is 17.5 Å². The van der Waals surface area contributed by atoms with Gasteiger partial charge in [0, 0.05) is 5.56 Å². The van der Waals surface area contributed by atoms with Crippen molar-refractivity contribution < 1.29 is 4.79 Å². The highest BCUT2D eigenvalue weighted by atomic mass is 16.1. The summed E-state index contributed by atoms with van der Waals surface area (Å²) in [6.45, 7) is 0. The zero-order valence-electron chi connectivity index (χ0n) is 10.9. The molecule has 0 saturated carbocycles. The van der Waals surface area contributed by atoms with Crippen molar-refractivity contribution in [2.45, 2.75) is 6.42 Å². The van der Waals surface area contributed by atoms with Crippen molar-refractivity contribution in [2.75, 3.05) is 0 Å². The largest absolute Gasteiger partial charge is 0.298 e. The van der Waals surface area contributed by atoms with Crippen LogP contribution in [0.5, 0.6) is 0 Å². The summed E-state index contributed by atoms with van der Waals surface area (Å²) in [5, 5.41) is 6.76. The maximum atomic E-state index is 10.9. The molecule has 0 bridgehead atoms. The number of aromatic amines is 1. The van der Waals surface area contributed by atoms with Crippen LogP contribution in [0.3, 0.4) is 0 Å². The second-order valence-electron chi connectivity index (χ2n) is 4.68. The molecule has 0 unspecified atom stereocenters. The average Bonchev–Trinajstić information content (AvgIpc) is 2.98. The van der Waals surface area contributed by atoms with Crippen LogP contribution in [0, 0.1) is 0 Å². The summed E-state index contributed by atoms with van der Waals surface area (Å²) in [4.78, 5) is 10.9. The Balaban J connectivity index is 1.83. The molecule has 98 valence electrons. The molecule has 0 saturated heterocycles. The van der Waals surface area contributed by atoms with E-state index in [0.717, 1.165) is 24.0 Å². The monoisotopic (exact) mass is 262 g/mol. The Morgan fingerprint density at radius 2 is 1.65 bits per heavy atom. The van der Waals surface area contributed by atoms with E-state index in [4.69, 9.17) is 0 Å². The summed E-state index contributed by atoms with van der Waals surface area (Å²) in [6.07, 6.45) is 3.27. The molecule has 0 radical (unpaired) electrons. The molecular weight excluding hydrogens is 248 g/mol. The third kappa shape index (κ3) is 2.52. The van der Waals surface area contributed by atoms with E-state index < -0.39 is 0 Å². The van der Waals surface area contributed by atoms with Crippen molar-refractivity contribution in [2.24, 2.45) is 0 Å². The Labute approximate surface area is 117 Å². The first-order valence-electron chi connectivity index (χ1n) is 6.48. The summed E-state index contributed by atoms with van der Waals surface area (Å²) in [5.41, 5.74) is 4.86. The Hall–Kier alpha value is -2.68. The van der Waals surface area contributed by atoms with E-state index in [0.29, 0.717) is 5.56 Å². The minimum atomic E-state index is 0.584. The maximum Gasteiger partial charge on any atom is 0.153 e. The van der Waals surface area contributed by atoms with Crippen LogP contribution in [0.15, 0.2) is 60.8 Å². The third-order valence-electron chi connectivity index (χ3n) is 3.29. The number of nitrogens with one attached hydrogen (secondary N) is 1. The molecule has 3 nitrogen and oxygen atoms in total. The molecule has 0 fully saturated rings. The molecule has 1 aromatic heterocycles. The Morgan fingerprint density at radius 1 is 0.950 bits per heavy atom. The summed E-state index contributed by atoms with van der Waals surface area (Å²) in [7, 11) is 0. The zero-order valence-corrected chi connectivity index (χ0v) is 10.9. The lowest BCUT2D eigenvalue weighted by molar-refractivity contribution is 0.112. The van der Waals surface area contributed by atoms with Crippen LogP contribution < -0.4 is 0 Å². The predicted octanol–water partition coefficient (Wildman–Crippen LogP) is 3.48. The number of rotatable bonds is 4. The quantitative estimate of drug-likeness (QED) is 0.732. The molecule has 2 aromatic carbocycles. The molecule has 3 heteroatoms. The molecule has 3 rings (SSSR count). The lowest BCUT2D eigenvalue weighted by atomic mass is 10.0. The van der Waals surface area contributed by atoms with Gasteiger partial charge in [0.25, 0.3) is 0 Å². The highest BCUT2D eigenvalue weighted by Crippen LogP contribution is 2.21. The van der Waals surface area contributed by atoms with Crippen molar-refractivity contribution in [1.82, 2.24) is 10.2 Å². The fraction of sp³-hybridized carbons (Fsp3) is 0.0588. The van der Waals surface area contributed by atoms with Crippen molar-refractivity contribution in [3.63, 3.8) is 0 Å². The van der Waals surface area contributed by atoms with Gasteiger partial charge in [-0.15, -0.1) is 0 Å². The maximum absolute atomic E-state index is 10.9. The molecule has 1 N–H and O–H groups in total. The second kappa shape index (κ2) is 5.53. The number of nitrogens with zero attached hydrogens (tertiary/aromatic N) is 1. The standard InChI is InChI=1S/C17H14N2O/c20-12-16-11-18-19-17(16)15-8-6-14(7-9-15)10-13-4-2-1-3-5-13/h1-9,11-12H,10H2,(H,18,19). The van der Waals surface area contributed by atoms with Gasteiger partial charge < -0.3 is 0 Å². The van der Waals surface area contributed by atoms with E-state index in [9.17, 15) is 4.79 Å². The number of aldehydes is 1. The van der Waals surface area contributed by atoms with Crippen LogP contribution in [0.25, 0.3) is 11.3 Å². The fourth-order valence-electron chi connectivity index (χ4n) is 2.24. The Bertz CT molecular complexity index is 699. The van der Waals surface area contributed by atoms with Crippen molar-refractivity contribution in [1.29, 1.82) is 0 Å². The number of carbonyl (C=O) groups excluding carboxylic acids is 1. The molecule has 0 spiro atoms. The van der Waals surface area contributed by atoms with Crippen molar-refractivity contribution >= 4 is 6.29 Å². The van der Waals surface area contributed by atoms with Gasteiger partial charge in [0.15, 0.2) is 6.29 Å². The van der Waals surface area contributed by atoms with Crippen molar-refractivity contribution in [3.8, 4) is 11.3 Å². The van der Waals surface area contributed by atoms with Crippen LogP contribution in [0.4, 0.5) is 0 Å². The number of hydrogen-bond acceptors (Lipinski definition) is 2. The molecular formula is C17H14N2O. The summed E-state index contributed by atoms with van der Waals surface area (Å²) >= 11 is 0. The van der Waals surface area contributed by atoms with Crippen LogP contribution in [0.1, 0.15) is 21.5 Å². The smallest absolute Gasteiger partial charge is 0.153 e. The highest BCUT2D eigenvalue weighted by molar-refractivity contribution is 5.85. The lowest BCUT2D eigenvalue weighted by Crippen LogP contribution is -1.89. The molecule has 0 aliphatic rings. The number of carbonyl (C=O) groups is 1. The number of hydrogen-bond donors (Lipinski definition) is 1. The molecule has 0 aliphatic heterocycles. The molecule has 0 aliphatic carbocycles. The van der Waals surface area contributed by atoms with Gasteiger partial charge in [-0.05, 0) is 17.5 Å². The van der Waals surface area contributed by atoms with Gasteiger partial charge in [0.2, 0.25) is 0 Å². The summed E-state index contributed by atoms with van der Waals surface area (Å²) in [6, 6.07) is 18.5. The molecule has 1 heterocycles. The Morgan fingerprint density at radius 3 is 2.35 bits per heavy atom. The van der Waals surface area contributed by atoms with Gasteiger partial charge in [-0.25, -0.2) is 0 Å². The highest BCUT2D eigenvalue weighted by Gasteiger charge is 2.06. The molecule has 0 amide bonds. The molecule has 20 heavy (non-hydrogen) atoms. The zero-order chi connectivity index (χ0) is 13.8. The number of H-pyrrole nitrogens is 1. The van der Waals surface area contributed by atoms with E-state index in [1.165, 1.54) is 11.1 Å². The fourth-order valence-corrected chi connectivity index (χ4v) is 2.24. The van der Waals surface area contributed by atoms with E-state index >= 15 is 0 Å². The minimum absolute atomic E-state index is 0.584. The van der Waals surface area contributed by atoms with E-state index in [2.05, 4.69) is 34.5 Å². The minimum Gasteiger partial charge on any atom is -0.298 e. The SMILES string of the molecule is O=Cc1cn[nH]c1-c1ccc(Cc2ccccc2)cc1. The number of benzene rings is 2. The lowest BCUT2D eigenvalue weighted by Gasteiger charge is -2.04. The normalized spacial score (nSPS) is 10.4. The van der Waals surface area contributed by atoms with E-state index in [1.54, 1.807) is 6.20 Å².